The van der Waals surface area contributed by atoms with Crippen LogP contribution in [0.1, 0.15) is 11.5 Å². The van der Waals surface area contributed by atoms with Crippen LogP contribution in [0.5, 0.6) is 5.75 Å². The monoisotopic (exact) mass is 237 g/mol. The van der Waals surface area contributed by atoms with Crippen LogP contribution in [0.2, 0.25) is 0 Å². The first-order valence-electron chi connectivity index (χ1n) is 5.45. The van der Waals surface area contributed by atoms with Gasteiger partial charge in [0.25, 0.3) is 5.91 Å². The van der Waals surface area contributed by atoms with Gasteiger partial charge in [-0.25, -0.2) is 5.48 Å². The van der Waals surface area contributed by atoms with Gasteiger partial charge in [0.2, 0.25) is 0 Å². The number of hydrogen-bond donors (Lipinski definition) is 1. The first-order valence-corrected chi connectivity index (χ1v) is 5.45. The number of fused-ring (bicyclic) bond motifs is 1. The second-order valence-electron chi connectivity index (χ2n) is 3.71. The van der Waals surface area contributed by atoms with E-state index in [4.69, 9.17) is 14.3 Å². The quantitative estimate of drug-likeness (QED) is 0.609. The number of amides is 1. The lowest BCUT2D eigenvalue weighted by molar-refractivity contribution is -0.136. The number of rotatable bonds is 5. The van der Waals surface area contributed by atoms with Crippen LogP contribution in [0.15, 0.2) is 24.3 Å². The van der Waals surface area contributed by atoms with E-state index in [1.807, 2.05) is 24.3 Å². The molecule has 1 atom stereocenters. The summed E-state index contributed by atoms with van der Waals surface area (Å²) in [6, 6.07) is 7.52. The summed E-state index contributed by atoms with van der Waals surface area (Å²) in [5.74, 6) is 0.282. The Morgan fingerprint density at radius 3 is 3.12 bits per heavy atom. The lowest BCUT2D eigenvalue weighted by Gasteiger charge is -2.09. The van der Waals surface area contributed by atoms with Crippen molar-refractivity contribution < 1.29 is 19.1 Å². The first kappa shape index (κ1) is 11.9. The van der Waals surface area contributed by atoms with E-state index >= 15 is 0 Å². The van der Waals surface area contributed by atoms with Gasteiger partial charge in [-0.3, -0.25) is 9.63 Å². The zero-order valence-corrected chi connectivity index (χ0v) is 9.64. The molecule has 0 saturated carbocycles. The number of para-hydroxylation sites is 1. The average Bonchev–Trinajstić information content (AvgIpc) is 2.78. The van der Waals surface area contributed by atoms with Crippen molar-refractivity contribution in [2.24, 2.45) is 0 Å². The van der Waals surface area contributed by atoms with Gasteiger partial charge in [0, 0.05) is 12.7 Å². The summed E-state index contributed by atoms with van der Waals surface area (Å²) in [4.78, 5) is 16.8. The molecule has 0 fully saturated rings. The maximum atomic E-state index is 11.8. The highest BCUT2D eigenvalue weighted by Gasteiger charge is 2.30. The number of ether oxygens (including phenoxy) is 2. The lowest BCUT2D eigenvalue weighted by atomic mass is 10.0. The van der Waals surface area contributed by atoms with Gasteiger partial charge in [-0.1, -0.05) is 18.2 Å². The molecule has 0 radical (unpaired) electrons. The van der Waals surface area contributed by atoms with Gasteiger partial charge in [-0.05, 0) is 6.07 Å². The summed E-state index contributed by atoms with van der Waals surface area (Å²) in [5.41, 5.74) is 3.30. The van der Waals surface area contributed by atoms with E-state index in [-0.39, 0.29) is 11.8 Å². The van der Waals surface area contributed by atoms with Crippen molar-refractivity contribution in [1.29, 1.82) is 0 Å². The molecule has 2 rings (SSSR count). The fourth-order valence-corrected chi connectivity index (χ4v) is 1.70. The fourth-order valence-electron chi connectivity index (χ4n) is 1.70. The molecule has 1 aromatic rings. The van der Waals surface area contributed by atoms with Crippen molar-refractivity contribution in [3.05, 3.63) is 29.8 Å². The van der Waals surface area contributed by atoms with E-state index in [1.165, 1.54) is 0 Å². The van der Waals surface area contributed by atoms with Gasteiger partial charge >= 0.3 is 0 Å². The van der Waals surface area contributed by atoms with Crippen LogP contribution in [0.3, 0.4) is 0 Å². The van der Waals surface area contributed by atoms with E-state index in [0.717, 1.165) is 11.3 Å². The molecule has 1 heterocycles. The summed E-state index contributed by atoms with van der Waals surface area (Å²) in [7, 11) is 1.58. The number of hydrogen-bond acceptors (Lipinski definition) is 4. The molecule has 5 nitrogen and oxygen atoms in total. The van der Waals surface area contributed by atoms with Crippen molar-refractivity contribution in [3.8, 4) is 5.75 Å². The molecule has 0 saturated heterocycles. The minimum Gasteiger partial charge on any atom is -0.492 e. The average molecular weight is 237 g/mol. The van der Waals surface area contributed by atoms with E-state index in [2.05, 4.69) is 5.48 Å². The minimum absolute atomic E-state index is 0.189. The smallest absolute Gasteiger partial charge is 0.254 e. The number of carbonyl (C=O) groups is 1. The first-order chi connectivity index (χ1) is 8.33. The van der Waals surface area contributed by atoms with Crippen LogP contribution in [-0.2, 0) is 14.4 Å². The van der Waals surface area contributed by atoms with Crippen LogP contribution in [-0.4, -0.2) is 32.8 Å². The molecule has 1 unspecified atom stereocenters. The van der Waals surface area contributed by atoms with Crippen LogP contribution in [0.4, 0.5) is 0 Å². The van der Waals surface area contributed by atoms with Gasteiger partial charge in [0.1, 0.15) is 18.3 Å². The molecule has 1 aliphatic heterocycles. The Kier molecular flexibility index (Phi) is 3.95. The third-order valence-corrected chi connectivity index (χ3v) is 2.58. The van der Waals surface area contributed by atoms with Crippen molar-refractivity contribution in [2.45, 2.75) is 5.92 Å². The minimum atomic E-state index is -0.297. The summed E-state index contributed by atoms with van der Waals surface area (Å²) >= 11 is 0. The Hall–Kier alpha value is -1.59. The van der Waals surface area contributed by atoms with Crippen molar-refractivity contribution >= 4 is 5.91 Å². The highest BCUT2D eigenvalue weighted by Crippen LogP contribution is 2.33. The largest absolute Gasteiger partial charge is 0.492 e. The third kappa shape index (κ3) is 2.75. The van der Waals surface area contributed by atoms with Crippen LogP contribution >= 0.6 is 0 Å². The Balaban J connectivity index is 1.89. The summed E-state index contributed by atoms with van der Waals surface area (Å²) < 4.78 is 10.2. The maximum absolute atomic E-state index is 11.8. The molecule has 1 N–H and O–H groups in total. The van der Waals surface area contributed by atoms with Crippen molar-refractivity contribution in [3.63, 3.8) is 0 Å². The molecular weight excluding hydrogens is 222 g/mol. The van der Waals surface area contributed by atoms with Gasteiger partial charge in [0.05, 0.1) is 13.2 Å². The zero-order valence-electron chi connectivity index (χ0n) is 9.64. The topological polar surface area (TPSA) is 56.8 Å². The lowest BCUT2D eigenvalue weighted by Crippen LogP contribution is -2.31. The van der Waals surface area contributed by atoms with Crippen LogP contribution < -0.4 is 10.2 Å². The van der Waals surface area contributed by atoms with E-state index < -0.39 is 0 Å². The Morgan fingerprint density at radius 2 is 2.29 bits per heavy atom. The molecule has 0 aromatic heterocycles. The number of benzene rings is 1. The summed E-state index contributed by atoms with van der Waals surface area (Å²) in [6.07, 6.45) is 0. The highest BCUT2D eigenvalue weighted by atomic mass is 16.7. The zero-order chi connectivity index (χ0) is 12.1. The molecule has 0 spiro atoms. The van der Waals surface area contributed by atoms with E-state index in [0.29, 0.717) is 19.8 Å². The van der Waals surface area contributed by atoms with Crippen molar-refractivity contribution in [1.82, 2.24) is 5.48 Å². The Bertz CT molecular complexity index is 394. The predicted molar refractivity (Wildman–Crippen MR) is 60.6 cm³/mol. The highest BCUT2D eigenvalue weighted by molar-refractivity contribution is 5.84. The molecule has 1 aliphatic rings. The number of carbonyl (C=O) groups excluding carboxylic acids is 1. The second kappa shape index (κ2) is 5.65. The van der Waals surface area contributed by atoms with Crippen LogP contribution in [0, 0.1) is 0 Å². The van der Waals surface area contributed by atoms with Gasteiger partial charge in [-0.2, -0.15) is 0 Å². The predicted octanol–water partition coefficient (Wildman–Crippen LogP) is 0.857. The van der Waals surface area contributed by atoms with Gasteiger partial charge in [-0.15, -0.1) is 0 Å². The molecule has 1 amide bonds. The normalized spacial score (nSPS) is 17.4. The van der Waals surface area contributed by atoms with E-state index in [9.17, 15) is 4.79 Å². The molecule has 1 aromatic carbocycles. The maximum Gasteiger partial charge on any atom is 0.254 e. The molecular formula is C12H15NO4. The van der Waals surface area contributed by atoms with Gasteiger partial charge in [0.15, 0.2) is 0 Å². The van der Waals surface area contributed by atoms with Crippen LogP contribution in [0.25, 0.3) is 0 Å². The standard InChI is InChI=1S/C12H15NO4/c1-15-6-7-17-13-12(14)10-8-16-11-5-3-2-4-9(10)11/h2-5,10H,6-8H2,1H3,(H,13,14). The number of hydroxylamine groups is 1. The molecule has 0 aliphatic carbocycles. The third-order valence-electron chi connectivity index (χ3n) is 2.58. The molecule has 5 heteroatoms. The second-order valence-corrected chi connectivity index (χ2v) is 3.71. The Labute approximate surface area is 99.6 Å². The van der Waals surface area contributed by atoms with E-state index in [1.54, 1.807) is 7.11 Å². The number of methoxy groups -OCH3 is 1. The number of nitrogens with one attached hydrogen (secondary N) is 1. The molecule has 17 heavy (non-hydrogen) atoms. The fraction of sp³-hybridized carbons (Fsp3) is 0.417. The summed E-state index contributed by atoms with van der Waals surface area (Å²) in [5, 5.41) is 0. The van der Waals surface area contributed by atoms with Crippen molar-refractivity contribution in [2.75, 3.05) is 26.9 Å². The van der Waals surface area contributed by atoms with Gasteiger partial charge < -0.3 is 9.47 Å². The molecule has 92 valence electrons. The summed E-state index contributed by atoms with van der Waals surface area (Å²) in [6.45, 7) is 1.13. The Morgan fingerprint density at radius 1 is 1.47 bits per heavy atom. The molecule has 0 bridgehead atoms. The SMILES string of the molecule is COCCONC(=O)C1COc2ccccc21.